The Bertz CT molecular complexity index is 103. The van der Waals surface area contributed by atoms with Crippen LogP contribution in [-0.2, 0) is 0 Å². The highest BCUT2D eigenvalue weighted by Crippen LogP contribution is 2.22. The van der Waals surface area contributed by atoms with Gasteiger partial charge in [0.25, 0.3) is 0 Å². The lowest BCUT2D eigenvalue weighted by molar-refractivity contribution is 0.505. The van der Waals surface area contributed by atoms with Crippen molar-refractivity contribution in [2.24, 2.45) is 5.92 Å². The van der Waals surface area contributed by atoms with Crippen molar-refractivity contribution in [2.75, 3.05) is 0 Å². The molecule has 0 aliphatic heterocycles. The molecule has 0 radical (unpaired) electrons. The minimum absolute atomic E-state index is 0.792. The van der Waals surface area contributed by atoms with E-state index in [0.29, 0.717) is 0 Å². The van der Waals surface area contributed by atoms with Gasteiger partial charge >= 0.3 is 0 Å². The smallest absolute Gasteiger partial charge is 0.0209 e. The van der Waals surface area contributed by atoms with Gasteiger partial charge in [0.1, 0.15) is 0 Å². The van der Waals surface area contributed by atoms with Crippen LogP contribution in [0.2, 0.25) is 0 Å². The second-order valence-corrected chi connectivity index (χ2v) is 3.26. The van der Waals surface area contributed by atoms with Crippen LogP contribution in [0.4, 0.5) is 0 Å². The summed E-state index contributed by atoms with van der Waals surface area (Å²) in [6.45, 7) is 10.8. The Hall–Kier alpha value is -0.260. The van der Waals surface area contributed by atoms with E-state index < -0.39 is 0 Å². The van der Waals surface area contributed by atoms with Crippen LogP contribution in [0.5, 0.6) is 0 Å². The van der Waals surface area contributed by atoms with Crippen molar-refractivity contribution >= 4 is 0 Å². The monoisotopic (exact) mass is 154 g/mol. The normalized spacial score (nSPS) is 13.0. The molecule has 0 aromatic carbocycles. The summed E-state index contributed by atoms with van der Waals surface area (Å²) in [5.74, 6) is 0.792. The molecule has 0 amide bonds. The molecule has 0 rings (SSSR count). The van der Waals surface area contributed by atoms with Crippen LogP contribution in [-0.4, -0.2) is 0 Å². The number of hydrogen-bond acceptors (Lipinski definition) is 0. The Morgan fingerprint density at radius 1 is 1.27 bits per heavy atom. The fourth-order valence-corrected chi connectivity index (χ4v) is 1.44. The molecule has 0 aromatic rings. The quantitative estimate of drug-likeness (QED) is 0.504. The fourth-order valence-electron chi connectivity index (χ4n) is 1.44. The second kappa shape index (κ2) is 6.45. The van der Waals surface area contributed by atoms with Gasteiger partial charge in [0, 0.05) is 0 Å². The van der Waals surface area contributed by atoms with E-state index in [1.54, 1.807) is 0 Å². The third-order valence-electron chi connectivity index (χ3n) is 2.43. The lowest BCUT2D eigenvalue weighted by atomic mass is 9.91. The molecule has 1 unspecified atom stereocenters. The summed E-state index contributed by atoms with van der Waals surface area (Å²) >= 11 is 0. The molecular formula is C11H22. The van der Waals surface area contributed by atoms with Crippen molar-refractivity contribution in [3.63, 3.8) is 0 Å². The molecule has 0 nitrogen and oxygen atoms in total. The first-order valence-electron chi connectivity index (χ1n) is 4.93. The zero-order valence-corrected chi connectivity index (χ0v) is 8.32. The molecule has 66 valence electrons. The highest BCUT2D eigenvalue weighted by Gasteiger charge is 2.07. The molecule has 0 aromatic heterocycles. The predicted octanol–water partition coefficient (Wildman–Crippen LogP) is 4.17. The van der Waals surface area contributed by atoms with E-state index in [4.69, 9.17) is 0 Å². The van der Waals surface area contributed by atoms with Gasteiger partial charge in [-0.05, 0) is 25.2 Å². The standard InChI is InChI=1S/C11H22/c1-5-8-9-11(7-3)10(4)6-2/h11H,4-9H2,1-3H3. The summed E-state index contributed by atoms with van der Waals surface area (Å²) in [7, 11) is 0. The first-order valence-corrected chi connectivity index (χ1v) is 4.93. The maximum Gasteiger partial charge on any atom is -0.0209 e. The van der Waals surface area contributed by atoms with Crippen LogP contribution in [0, 0.1) is 5.92 Å². The molecular weight excluding hydrogens is 132 g/mol. The van der Waals surface area contributed by atoms with Crippen LogP contribution in [0.3, 0.4) is 0 Å². The van der Waals surface area contributed by atoms with E-state index in [2.05, 4.69) is 27.4 Å². The Kier molecular flexibility index (Phi) is 6.30. The van der Waals surface area contributed by atoms with Gasteiger partial charge in [0.05, 0.1) is 0 Å². The lowest BCUT2D eigenvalue weighted by Gasteiger charge is -2.15. The average Bonchev–Trinajstić information content (AvgIpc) is 2.05. The number of rotatable bonds is 6. The lowest BCUT2D eigenvalue weighted by Crippen LogP contribution is -2.00. The van der Waals surface area contributed by atoms with Crippen molar-refractivity contribution in [2.45, 2.75) is 52.9 Å². The molecule has 0 heteroatoms. The van der Waals surface area contributed by atoms with E-state index in [9.17, 15) is 0 Å². The highest BCUT2D eigenvalue weighted by atomic mass is 14.1. The van der Waals surface area contributed by atoms with E-state index in [-0.39, 0.29) is 0 Å². The van der Waals surface area contributed by atoms with E-state index >= 15 is 0 Å². The molecule has 0 aliphatic rings. The van der Waals surface area contributed by atoms with Crippen LogP contribution < -0.4 is 0 Å². The summed E-state index contributed by atoms with van der Waals surface area (Å²) in [5, 5.41) is 0. The highest BCUT2D eigenvalue weighted by molar-refractivity contribution is 4.98. The van der Waals surface area contributed by atoms with Gasteiger partial charge in [-0.1, -0.05) is 45.8 Å². The van der Waals surface area contributed by atoms with Crippen molar-refractivity contribution in [3.8, 4) is 0 Å². The van der Waals surface area contributed by atoms with Crippen LogP contribution in [0.1, 0.15) is 52.9 Å². The molecule has 0 spiro atoms. The van der Waals surface area contributed by atoms with Gasteiger partial charge in [-0.15, -0.1) is 0 Å². The van der Waals surface area contributed by atoms with Crippen molar-refractivity contribution in [1.29, 1.82) is 0 Å². The summed E-state index contributed by atoms with van der Waals surface area (Å²) in [5.41, 5.74) is 1.45. The fraction of sp³-hybridized carbons (Fsp3) is 0.818. The zero-order chi connectivity index (χ0) is 8.69. The SMILES string of the molecule is C=C(CC)C(CC)CCCC. The van der Waals surface area contributed by atoms with Crippen LogP contribution in [0.15, 0.2) is 12.2 Å². The summed E-state index contributed by atoms with van der Waals surface area (Å²) in [6.07, 6.45) is 6.44. The molecule has 0 heterocycles. The Labute approximate surface area is 71.7 Å². The topological polar surface area (TPSA) is 0 Å². The number of hydrogen-bond donors (Lipinski definition) is 0. The van der Waals surface area contributed by atoms with Crippen molar-refractivity contribution in [3.05, 3.63) is 12.2 Å². The van der Waals surface area contributed by atoms with Gasteiger partial charge in [-0.25, -0.2) is 0 Å². The van der Waals surface area contributed by atoms with Crippen molar-refractivity contribution in [1.82, 2.24) is 0 Å². The molecule has 1 atom stereocenters. The maximum atomic E-state index is 4.10. The van der Waals surface area contributed by atoms with E-state index in [1.807, 2.05) is 0 Å². The Balaban J connectivity index is 3.65. The van der Waals surface area contributed by atoms with Gasteiger partial charge < -0.3 is 0 Å². The third kappa shape index (κ3) is 4.23. The van der Waals surface area contributed by atoms with Crippen LogP contribution in [0.25, 0.3) is 0 Å². The average molecular weight is 154 g/mol. The van der Waals surface area contributed by atoms with Crippen LogP contribution >= 0.6 is 0 Å². The second-order valence-electron chi connectivity index (χ2n) is 3.26. The minimum atomic E-state index is 0.792. The Morgan fingerprint density at radius 2 is 1.91 bits per heavy atom. The molecule has 0 aliphatic carbocycles. The number of unbranched alkanes of at least 4 members (excludes halogenated alkanes) is 1. The molecule has 11 heavy (non-hydrogen) atoms. The molecule has 0 saturated carbocycles. The van der Waals surface area contributed by atoms with E-state index in [1.165, 1.54) is 31.3 Å². The van der Waals surface area contributed by atoms with Crippen molar-refractivity contribution < 1.29 is 0 Å². The summed E-state index contributed by atoms with van der Waals surface area (Å²) in [4.78, 5) is 0. The van der Waals surface area contributed by atoms with E-state index in [0.717, 1.165) is 12.3 Å². The van der Waals surface area contributed by atoms with Gasteiger partial charge in [-0.2, -0.15) is 0 Å². The molecule has 0 bridgehead atoms. The first-order chi connectivity index (χ1) is 5.26. The number of allylic oxidation sites excluding steroid dienone is 1. The molecule has 0 N–H and O–H groups in total. The molecule has 0 fully saturated rings. The van der Waals surface area contributed by atoms with Gasteiger partial charge in [0.2, 0.25) is 0 Å². The summed E-state index contributed by atoms with van der Waals surface area (Å²) in [6, 6.07) is 0. The molecule has 0 saturated heterocycles. The van der Waals surface area contributed by atoms with Gasteiger partial charge in [-0.3, -0.25) is 0 Å². The zero-order valence-electron chi connectivity index (χ0n) is 8.32. The minimum Gasteiger partial charge on any atom is -0.0996 e. The Morgan fingerprint density at radius 3 is 2.27 bits per heavy atom. The maximum absolute atomic E-state index is 4.10. The third-order valence-corrected chi connectivity index (χ3v) is 2.43. The summed E-state index contributed by atoms with van der Waals surface area (Å²) < 4.78 is 0. The predicted molar refractivity (Wildman–Crippen MR) is 52.7 cm³/mol. The largest absolute Gasteiger partial charge is 0.0996 e. The van der Waals surface area contributed by atoms with Gasteiger partial charge in [0.15, 0.2) is 0 Å². The first kappa shape index (κ1) is 10.7.